The molecular formula is C22H18O5. The molecule has 0 aliphatic heterocycles. The van der Waals surface area contributed by atoms with E-state index in [0.29, 0.717) is 28.4 Å². The molecule has 0 atom stereocenters. The first-order chi connectivity index (χ1) is 13.0. The highest BCUT2D eigenvalue weighted by molar-refractivity contribution is 5.96. The molecular weight excluding hydrogens is 344 g/mol. The summed E-state index contributed by atoms with van der Waals surface area (Å²) in [6, 6.07) is 20.3. The highest BCUT2D eigenvalue weighted by Crippen LogP contribution is 2.25. The summed E-state index contributed by atoms with van der Waals surface area (Å²) in [6.45, 7) is 1.48. The Morgan fingerprint density at radius 2 is 1.07 bits per heavy atom. The number of Topliss-reactive ketones (excluding diaryl/α,β-unsaturated/α-hetero) is 1. The van der Waals surface area contributed by atoms with Crippen molar-refractivity contribution in [2.24, 2.45) is 0 Å². The van der Waals surface area contributed by atoms with E-state index in [2.05, 4.69) is 0 Å². The second-order valence-electron chi connectivity index (χ2n) is 5.77. The lowest BCUT2D eigenvalue weighted by Crippen LogP contribution is -2.08. The van der Waals surface area contributed by atoms with Crippen molar-refractivity contribution >= 4 is 11.8 Å². The summed E-state index contributed by atoms with van der Waals surface area (Å²) in [5.41, 5.74) is 0.921. The quantitative estimate of drug-likeness (QED) is 0.354. The molecule has 0 unspecified atom stereocenters. The highest BCUT2D eigenvalue weighted by atomic mass is 16.5. The summed E-state index contributed by atoms with van der Waals surface area (Å²) >= 11 is 0. The largest absolute Gasteiger partial charge is 0.497 e. The zero-order chi connectivity index (χ0) is 19.2. The summed E-state index contributed by atoms with van der Waals surface area (Å²) in [4.78, 5) is 23.5. The lowest BCUT2D eigenvalue weighted by molar-refractivity contribution is 0.0734. The molecule has 0 saturated heterocycles. The smallest absolute Gasteiger partial charge is 0.343 e. The molecule has 3 rings (SSSR count). The number of esters is 1. The lowest BCUT2D eigenvalue weighted by atomic mass is 10.1. The zero-order valence-corrected chi connectivity index (χ0v) is 15.0. The molecule has 0 N–H and O–H groups in total. The average molecular weight is 362 g/mol. The third-order valence-corrected chi connectivity index (χ3v) is 3.86. The summed E-state index contributed by atoms with van der Waals surface area (Å²) < 4.78 is 16.2. The van der Waals surface area contributed by atoms with Crippen LogP contribution >= 0.6 is 0 Å². The number of rotatable bonds is 6. The summed E-state index contributed by atoms with van der Waals surface area (Å²) in [5.74, 6) is 1.90. The number of methoxy groups -OCH3 is 1. The molecule has 0 aliphatic rings. The van der Waals surface area contributed by atoms with Crippen LogP contribution < -0.4 is 14.2 Å². The second kappa shape index (κ2) is 8.19. The number of benzene rings is 3. The van der Waals surface area contributed by atoms with Crippen molar-refractivity contribution < 1.29 is 23.8 Å². The van der Waals surface area contributed by atoms with Gasteiger partial charge in [-0.1, -0.05) is 12.1 Å². The number of ketones is 1. The lowest BCUT2D eigenvalue weighted by Gasteiger charge is -2.08. The van der Waals surface area contributed by atoms with E-state index in [1.807, 2.05) is 12.1 Å². The number of ether oxygens (including phenoxy) is 3. The van der Waals surface area contributed by atoms with E-state index in [4.69, 9.17) is 14.2 Å². The van der Waals surface area contributed by atoms with Crippen LogP contribution in [0.4, 0.5) is 0 Å². The van der Waals surface area contributed by atoms with Gasteiger partial charge in [0, 0.05) is 5.56 Å². The zero-order valence-electron chi connectivity index (χ0n) is 15.0. The molecule has 3 aromatic carbocycles. The molecule has 5 heteroatoms. The van der Waals surface area contributed by atoms with E-state index in [1.165, 1.54) is 6.92 Å². The molecule has 0 bridgehead atoms. The SMILES string of the molecule is COc1ccc(Oc2ccc(OC(=O)c3ccc(C(C)=O)cc3)cc2)cc1. The summed E-state index contributed by atoms with van der Waals surface area (Å²) in [5, 5.41) is 0. The Hall–Kier alpha value is -3.60. The van der Waals surface area contributed by atoms with E-state index in [1.54, 1.807) is 67.8 Å². The first-order valence-electron chi connectivity index (χ1n) is 8.30. The molecule has 0 amide bonds. The highest BCUT2D eigenvalue weighted by Gasteiger charge is 2.10. The van der Waals surface area contributed by atoms with Gasteiger partial charge in [0.2, 0.25) is 0 Å². The predicted molar refractivity (Wildman–Crippen MR) is 101 cm³/mol. The van der Waals surface area contributed by atoms with Crippen molar-refractivity contribution in [3.63, 3.8) is 0 Å². The van der Waals surface area contributed by atoms with Gasteiger partial charge < -0.3 is 14.2 Å². The Morgan fingerprint density at radius 1 is 0.630 bits per heavy atom. The van der Waals surface area contributed by atoms with E-state index in [-0.39, 0.29) is 5.78 Å². The molecule has 0 aromatic heterocycles. The molecule has 0 saturated carbocycles. The first-order valence-corrected chi connectivity index (χ1v) is 8.30. The summed E-state index contributed by atoms with van der Waals surface area (Å²) in [6.07, 6.45) is 0. The van der Waals surface area contributed by atoms with Gasteiger partial charge in [-0.05, 0) is 67.6 Å². The van der Waals surface area contributed by atoms with E-state index in [0.717, 1.165) is 5.75 Å². The van der Waals surface area contributed by atoms with Crippen molar-refractivity contribution in [2.75, 3.05) is 7.11 Å². The molecule has 0 fully saturated rings. The van der Waals surface area contributed by atoms with Crippen molar-refractivity contribution in [1.29, 1.82) is 0 Å². The molecule has 0 heterocycles. The van der Waals surface area contributed by atoms with Crippen LogP contribution in [-0.2, 0) is 0 Å². The van der Waals surface area contributed by atoms with Gasteiger partial charge in [0.25, 0.3) is 0 Å². The van der Waals surface area contributed by atoms with Gasteiger partial charge in [0.05, 0.1) is 12.7 Å². The fraction of sp³-hybridized carbons (Fsp3) is 0.0909. The first kappa shape index (κ1) is 18.2. The average Bonchev–Trinajstić information content (AvgIpc) is 2.70. The van der Waals surface area contributed by atoms with Crippen LogP contribution in [0.1, 0.15) is 27.6 Å². The molecule has 0 aliphatic carbocycles. The van der Waals surface area contributed by atoms with Crippen LogP contribution in [0.3, 0.4) is 0 Å². The van der Waals surface area contributed by atoms with Gasteiger partial charge in [-0.15, -0.1) is 0 Å². The topological polar surface area (TPSA) is 61.8 Å². The van der Waals surface area contributed by atoms with Crippen molar-refractivity contribution in [3.05, 3.63) is 83.9 Å². The Morgan fingerprint density at radius 3 is 1.56 bits per heavy atom. The third kappa shape index (κ3) is 4.73. The molecule has 3 aromatic rings. The Bertz CT molecular complexity index is 926. The fourth-order valence-electron chi connectivity index (χ4n) is 2.36. The van der Waals surface area contributed by atoms with Gasteiger partial charge in [0.1, 0.15) is 23.0 Å². The van der Waals surface area contributed by atoms with Crippen LogP contribution in [0.5, 0.6) is 23.0 Å². The fourth-order valence-corrected chi connectivity index (χ4v) is 2.36. The van der Waals surface area contributed by atoms with Gasteiger partial charge in [-0.2, -0.15) is 0 Å². The minimum absolute atomic E-state index is 0.0534. The summed E-state index contributed by atoms with van der Waals surface area (Å²) in [7, 11) is 1.60. The van der Waals surface area contributed by atoms with E-state index in [9.17, 15) is 9.59 Å². The Labute approximate surface area is 157 Å². The number of carbonyl (C=O) groups excluding carboxylic acids is 2. The van der Waals surface area contributed by atoms with Gasteiger partial charge in [-0.3, -0.25) is 4.79 Å². The second-order valence-corrected chi connectivity index (χ2v) is 5.77. The third-order valence-electron chi connectivity index (χ3n) is 3.86. The number of hydrogen-bond acceptors (Lipinski definition) is 5. The monoisotopic (exact) mass is 362 g/mol. The normalized spacial score (nSPS) is 10.1. The number of carbonyl (C=O) groups is 2. The molecule has 0 spiro atoms. The molecule has 0 radical (unpaired) electrons. The maximum absolute atomic E-state index is 12.2. The molecule has 27 heavy (non-hydrogen) atoms. The standard InChI is InChI=1S/C22H18O5/c1-15(23)16-3-5-17(6-4-16)22(24)27-21-13-11-20(12-14-21)26-19-9-7-18(25-2)8-10-19/h3-14H,1-2H3. The van der Waals surface area contributed by atoms with E-state index >= 15 is 0 Å². The van der Waals surface area contributed by atoms with E-state index < -0.39 is 5.97 Å². The maximum Gasteiger partial charge on any atom is 0.343 e. The predicted octanol–water partition coefficient (Wildman–Crippen LogP) is 4.91. The van der Waals surface area contributed by atoms with Gasteiger partial charge >= 0.3 is 5.97 Å². The van der Waals surface area contributed by atoms with Crippen LogP contribution in [-0.4, -0.2) is 18.9 Å². The van der Waals surface area contributed by atoms with Crippen LogP contribution in [0.2, 0.25) is 0 Å². The van der Waals surface area contributed by atoms with Gasteiger partial charge in [0.15, 0.2) is 5.78 Å². The molecule has 136 valence electrons. The van der Waals surface area contributed by atoms with Gasteiger partial charge in [-0.25, -0.2) is 4.79 Å². The Balaban J connectivity index is 1.62. The molecule has 5 nitrogen and oxygen atoms in total. The van der Waals surface area contributed by atoms with Crippen LogP contribution in [0.15, 0.2) is 72.8 Å². The van der Waals surface area contributed by atoms with Crippen LogP contribution in [0.25, 0.3) is 0 Å². The Kier molecular flexibility index (Phi) is 5.52. The maximum atomic E-state index is 12.2. The number of hydrogen-bond donors (Lipinski definition) is 0. The van der Waals surface area contributed by atoms with Crippen LogP contribution in [0, 0.1) is 0 Å². The van der Waals surface area contributed by atoms with Crippen molar-refractivity contribution in [2.45, 2.75) is 6.92 Å². The van der Waals surface area contributed by atoms with Crippen molar-refractivity contribution in [1.82, 2.24) is 0 Å². The minimum Gasteiger partial charge on any atom is -0.497 e. The minimum atomic E-state index is -0.492. The van der Waals surface area contributed by atoms with Crippen molar-refractivity contribution in [3.8, 4) is 23.0 Å².